The molecule has 0 radical (unpaired) electrons. The summed E-state index contributed by atoms with van der Waals surface area (Å²) in [4.78, 5) is 6.62. The fourth-order valence-corrected chi connectivity index (χ4v) is 2.52. The van der Waals surface area contributed by atoms with Crippen molar-refractivity contribution in [2.45, 2.75) is 19.3 Å². The number of hydrogen-bond acceptors (Lipinski definition) is 3. The van der Waals surface area contributed by atoms with E-state index in [0.29, 0.717) is 0 Å². The zero-order valence-electron chi connectivity index (χ0n) is 9.40. The molecule has 2 N–H and O–H groups in total. The lowest BCUT2D eigenvalue weighted by Gasteiger charge is -2.33. The van der Waals surface area contributed by atoms with Gasteiger partial charge in [-0.2, -0.15) is 0 Å². The molecule has 0 aromatic carbocycles. The molecule has 1 aliphatic heterocycles. The van der Waals surface area contributed by atoms with Crippen molar-refractivity contribution in [3.8, 4) is 0 Å². The monoisotopic (exact) mass is 239 g/mol. The highest BCUT2D eigenvalue weighted by atomic mass is 35.5. The summed E-state index contributed by atoms with van der Waals surface area (Å²) in [6.45, 7) is 2.89. The van der Waals surface area contributed by atoms with Gasteiger partial charge in [0.2, 0.25) is 0 Å². The van der Waals surface area contributed by atoms with Crippen molar-refractivity contribution in [2.24, 2.45) is 11.7 Å². The van der Waals surface area contributed by atoms with Crippen LogP contribution in [-0.2, 0) is 0 Å². The van der Waals surface area contributed by atoms with E-state index in [1.54, 1.807) is 6.20 Å². The molecular formula is C12H18ClN3. The van der Waals surface area contributed by atoms with Crippen molar-refractivity contribution < 1.29 is 0 Å². The van der Waals surface area contributed by atoms with Gasteiger partial charge in [0.15, 0.2) is 0 Å². The summed E-state index contributed by atoms with van der Waals surface area (Å²) >= 11 is 6.13. The van der Waals surface area contributed by atoms with Gasteiger partial charge in [-0.25, -0.2) is 4.98 Å². The van der Waals surface area contributed by atoms with Crippen molar-refractivity contribution in [1.29, 1.82) is 0 Å². The Balaban J connectivity index is 1.96. The summed E-state index contributed by atoms with van der Waals surface area (Å²) in [5, 5.41) is 0.750. The van der Waals surface area contributed by atoms with Crippen LogP contribution in [0.4, 0.5) is 5.82 Å². The summed E-state index contributed by atoms with van der Waals surface area (Å²) in [7, 11) is 0. The number of pyridine rings is 1. The maximum atomic E-state index is 6.13. The Kier molecular flexibility index (Phi) is 4.02. The summed E-state index contributed by atoms with van der Waals surface area (Å²) < 4.78 is 0. The van der Waals surface area contributed by atoms with Crippen LogP contribution < -0.4 is 10.6 Å². The van der Waals surface area contributed by atoms with Gasteiger partial charge in [-0.3, -0.25) is 0 Å². The third-order valence-electron chi connectivity index (χ3n) is 3.23. The van der Waals surface area contributed by atoms with E-state index < -0.39 is 0 Å². The number of halogens is 1. The minimum atomic E-state index is 0.750. The van der Waals surface area contributed by atoms with Crippen LogP contribution >= 0.6 is 11.6 Å². The molecule has 1 fully saturated rings. The third kappa shape index (κ3) is 2.66. The summed E-state index contributed by atoms with van der Waals surface area (Å²) in [5.41, 5.74) is 5.58. The Bertz CT molecular complexity index is 335. The Morgan fingerprint density at radius 3 is 2.81 bits per heavy atom. The van der Waals surface area contributed by atoms with Gasteiger partial charge in [0.1, 0.15) is 5.82 Å². The van der Waals surface area contributed by atoms with Crippen molar-refractivity contribution in [3.63, 3.8) is 0 Å². The number of nitrogens with zero attached hydrogens (tertiary/aromatic N) is 2. The number of rotatable bonds is 3. The van der Waals surface area contributed by atoms with E-state index in [2.05, 4.69) is 9.88 Å². The Morgan fingerprint density at radius 2 is 2.19 bits per heavy atom. The minimum Gasteiger partial charge on any atom is -0.355 e. The second-order valence-electron chi connectivity index (χ2n) is 4.32. The normalized spacial score (nSPS) is 17.8. The van der Waals surface area contributed by atoms with E-state index in [9.17, 15) is 0 Å². The van der Waals surface area contributed by atoms with Gasteiger partial charge in [-0.15, -0.1) is 0 Å². The average Bonchev–Trinajstić information content (AvgIpc) is 2.31. The topological polar surface area (TPSA) is 42.1 Å². The van der Waals surface area contributed by atoms with Crippen LogP contribution in [0, 0.1) is 5.92 Å². The molecule has 88 valence electrons. The highest BCUT2D eigenvalue weighted by molar-refractivity contribution is 6.32. The quantitative estimate of drug-likeness (QED) is 0.880. The summed E-state index contributed by atoms with van der Waals surface area (Å²) in [6.07, 6.45) is 5.34. The molecule has 0 atom stereocenters. The first-order valence-corrected chi connectivity index (χ1v) is 6.24. The molecule has 0 saturated carbocycles. The molecule has 0 aliphatic carbocycles. The number of piperidine rings is 1. The van der Waals surface area contributed by atoms with E-state index >= 15 is 0 Å². The van der Waals surface area contributed by atoms with Crippen LogP contribution in [0.1, 0.15) is 19.3 Å². The fraction of sp³-hybridized carbons (Fsp3) is 0.583. The maximum Gasteiger partial charge on any atom is 0.147 e. The van der Waals surface area contributed by atoms with Crippen LogP contribution in [0.2, 0.25) is 5.02 Å². The second-order valence-corrected chi connectivity index (χ2v) is 4.72. The molecule has 1 aromatic heterocycles. The average molecular weight is 240 g/mol. The lowest BCUT2D eigenvalue weighted by Crippen LogP contribution is -2.35. The summed E-state index contributed by atoms with van der Waals surface area (Å²) in [6, 6.07) is 3.77. The minimum absolute atomic E-state index is 0.750. The van der Waals surface area contributed by atoms with E-state index in [1.807, 2.05) is 12.1 Å². The van der Waals surface area contributed by atoms with Gasteiger partial charge in [-0.05, 0) is 43.9 Å². The highest BCUT2D eigenvalue weighted by Crippen LogP contribution is 2.28. The standard InChI is InChI=1S/C12H18ClN3/c13-11-2-1-7-15-12(11)16-8-4-10(3-6-14)5-9-16/h1-2,7,10H,3-6,8-9,14H2. The molecule has 3 nitrogen and oxygen atoms in total. The van der Waals surface area contributed by atoms with Gasteiger partial charge in [0, 0.05) is 19.3 Å². The molecule has 0 unspecified atom stereocenters. The van der Waals surface area contributed by atoms with E-state index in [-0.39, 0.29) is 0 Å². The molecule has 1 saturated heterocycles. The molecule has 0 amide bonds. The molecular weight excluding hydrogens is 222 g/mol. The van der Waals surface area contributed by atoms with Crippen molar-refractivity contribution in [1.82, 2.24) is 4.98 Å². The Morgan fingerprint density at radius 1 is 1.44 bits per heavy atom. The molecule has 2 rings (SSSR count). The van der Waals surface area contributed by atoms with Crippen molar-refractivity contribution in [3.05, 3.63) is 23.4 Å². The van der Waals surface area contributed by atoms with Gasteiger partial charge in [-0.1, -0.05) is 11.6 Å². The maximum absolute atomic E-state index is 6.13. The molecule has 4 heteroatoms. The first-order chi connectivity index (χ1) is 7.81. The van der Waals surface area contributed by atoms with Gasteiger partial charge < -0.3 is 10.6 Å². The second kappa shape index (κ2) is 5.51. The predicted molar refractivity (Wildman–Crippen MR) is 67.9 cm³/mol. The Labute approximate surface area is 102 Å². The number of aromatic nitrogens is 1. The fourth-order valence-electron chi connectivity index (χ4n) is 2.28. The lowest BCUT2D eigenvalue weighted by atomic mass is 9.94. The first kappa shape index (κ1) is 11.7. The number of hydrogen-bond donors (Lipinski definition) is 1. The van der Waals surface area contributed by atoms with Crippen LogP contribution in [0.3, 0.4) is 0 Å². The van der Waals surface area contributed by atoms with E-state index in [0.717, 1.165) is 42.8 Å². The highest BCUT2D eigenvalue weighted by Gasteiger charge is 2.20. The molecule has 1 aromatic rings. The smallest absolute Gasteiger partial charge is 0.147 e. The van der Waals surface area contributed by atoms with Gasteiger partial charge in [0.25, 0.3) is 0 Å². The lowest BCUT2D eigenvalue weighted by molar-refractivity contribution is 0.385. The third-order valence-corrected chi connectivity index (χ3v) is 3.52. The van der Waals surface area contributed by atoms with E-state index in [4.69, 9.17) is 17.3 Å². The van der Waals surface area contributed by atoms with Gasteiger partial charge in [0.05, 0.1) is 5.02 Å². The molecule has 0 spiro atoms. The summed E-state index contributed by atoms with van der Waals surface area (Å²) in [5.74, 6) is 1.71. The van der Waals surface area contributed by atoms with Crippen molar-refractivity contribution >= 4 is 17.4 Å². The Hall–Kier alpha value is -0.800. The molecule has 16 heavy (non-hydrogen) atoms. The van der Waals surface area contributed by atoms with Crippen LogP contribution in [0.5, 0.6) is 0 Å². The first-order valence-electron chi connectivity index (χ1n) is 5.87. The zero-order valence-corrected chi connectivity index (χ0v) is 10.2. The molecule has 1 aliphatic rings. The molecule has 2 heterocycles. The largest absolute Gasteiger partial charge is 0.355 e. The van der Waals surface area contributed by atoms with Crippen LogP contribution in [0.15, 0.2) is 18.3 Å². The number of nitrogens with two attached hydrogens (primary N) is 1. The number of anilines is 1. The van der Waals surface area contributed by atoms with Crippen LogP contribution in [0.25, 0.3) is 0 Å². The SMILES string of the molecule is NCCC1CCN(c2ncccc2Cl)CC1. The van der Waals surface area contributed by atoms with Gasteiger partial charge >= 0.3 is 0 Å². The van der Waals surface area contributed by atoms with Crippen molar-refractivity contribution in [2.75, 3.05) is 24.5 Å². The predicted octanol–water partition coefficient (Wildman–Crippen LogP) is 2.30. The van der Waals surface area contributed by atoms with E-state index in [1.165, 1.54) is 12.8 Å². The zero-order chi connectivity index (χ0) is 11.4. The van der Waals surface area contributed by atoms with Crippen LogP contribution in [-0.4, -0.2) is 24.6 Å². The molecule has 0 bridgehead atoms.